The van der Waals surface area contributed by atoms with Gasteiger partial charge in [-0.05, 0) is 37.1 Å². The number of benzene rings is 1. The van der Waals surface area contributed by atoms with Crippen molar-refractivity contribution < 1.29 is 0 Å². The number of hydrogen-bond acceptors (Lipinski definition) is 5. The van der Waals surface area contributed by atoms with Crippen molar-refractivity contribution in [3.8, 4) is 0 Å². The van der Waals surface area contributed by atoms with Crippen molar-refractivity contribution >= 4 is 27.2 Å². The molecule has 1 atom stereocenters. The molecule has 6 nitrogen and oxygen atoms in total. The number of para-hydroxylation sites is 1. The van der Waals surface area contributed by atoms with Crippen molar-refractivity contribution in [2.45, 2.75) is 25.6 Å². The van der Waals surface area contributed by atoms with E-state index in [2.05, 4.69) is 22.1 Å². The Hall–Kier alpha value is -2.51. The summed E-state index contributed by atoms with van der Waals surface area (Å²) in [6.45, 7) is 1.46. The van der Waals surface area contributed by atoms with Crippen LogP contribution in [-0.4, -0.2) is 30.6 Å². The van der Waals surface area contributed by atoms with E-state index in [9.17, 15) is 4.79 Å². The number of pyridine rings is 1. The highest BCUT2D eigenvalue weighted by atomic mass is 32.1. The fourth-order valence-corrected chi connectivity index (χ4v) is 4.68. The molecular formula is C18H17N5OS. The third-order valence-corrected chi connectivity index (χ3v) is 5.90. The summed E-state index contributed by atoms with van der Waals surface area (Å²) in [5.41, 5.74) is 1.65. The minimum atomic E-state index is -0.0921. The van der Waals surface area contributed by atoms with Gasteiger partial charge in [-0.3, -0.25) is 9.30 Å². The molecule has 1 fully saturated rings. The zero-order valence-electron chi connectivity index (χ0n) is 13.6. The Labute approximate surface area is 148 Å². The van der Waals surface area contributed by atoms with Gasteiger partial charge in [0.2, 0.25) is 0 Å². The maximum absolute atomic E-state index is 12.5. The summed E-state index contributed by atoms with van der Waals surface area (Å²) in [6.07, 6.45) is 3.95. The summed E-state index contributed by atoms with van der Waals surface area (Å²) in [5.74, 6) is 0. The summed E-state index contributed by atoms with van der Waals surface area (Å²) in [5, 5.41) is 5.59. The number of thiazole rings is 1. The van der Waals surface area contributed by atoms with E-state index in [1.807, 2.05) is 30.3 Å². The average molecular weight is 351 g/mol. The zero-order valence-corrected chi connectivity index (χ0v) is 14.4. The van der Waals surface area contributed by atoms with Gasteiger partial charge < -0.3 is 0 Å². The van der Waals surface area contributed by atoms with Crippen LogP contribution in [0, 0.1) is 0 Å². The predicted molar refractivity (Wildman–Crippen MR) is 97.8 cm³/mol. The summed E-state index contributed by atoms with van der Waals surface area (Å²) in [6, 6.07) is 14.1. The van der Waals surface area contributed by atoms with Crippen LogP contribution >= 0.6 is 11.3 Å². The lowest BCUT2D eigenvalue weighted by Crippen LogP contribution is -2.32. The molecule has 4 heterocycles. The third-order valence-electron chi connectivity index (χ3n) is 4.76. The van der Waals surface area contributed by atoms with E-state index in [0.717, 1.165) is 29.9 Å². The summed E-state index contributed by atoms with van der Waals surface area (Å²) in [7, 11) is 0. The minimum Gasteiger partial charge on any atom is -0.275 e. The molecular weight excluding hydrogens is 334 g/mol. The van der Waals surface area contributed by atoms with E-state index in [0.29, 0.717) is 12.3 Å². The summed E-state index contributed by atoms with van der Waals surface area (Å²) >= 11 is 1.75. The van der Waals surface area contributed by atoms with Crippen molar-refractivity contribution in [1.29, 1.82) is 0 Å². The summed E-state index contributed by atoms with van der Waals surface area (Å²) < 4.78 is 4.36. The fraction of sp³-hybridized carbons (Fsp3) is 0.278. The molecule has 0 saturated carbocycles. The van der Waals surface area contributed by atoms with Crippen LogP contribution in [-0.2, 0) is 6.67 Å². The number of hydrogen-bond donors (Lipinski definition) is 0. The highest BCUT2D eigenvalue weighted by Crippen LogP contribution is 2.36. The van der Waals surface area contributed by atoms with Crippen LogP contribution in [0.2, 0.25) is 0 Å². The molecule has 126 valence electrons. The lowest BCUT2D eigenvalue weighted by molar-refractivity contribution is 0.188. The molecule has 0 spiro atoms. The SMILES string of the molecule is O=c1n(CN2CCC[C@@H]2c2nc3ccccc3s2)nc2ccccn12. The molecule has 0 aliphatic carbocycles. The third kappa shape index (κ3) is 2.47. The molecule has 0 amide bonds. The molecule has 5 rings (SSSR count). The number of rotatable bonds is 3. The maximum Gasteiger partial charge on any atom is 0.351 e. The standard InChI is InChI=1S/C18H17N5OS/c24-18-22-11-4-3-9-16(22)20-23(18)12-21-10-5-7-14(21)17-19-13-6-1-2-8-15(13)25-17/h1-4,6,8-9,11,14H,5,7,10,12H2/t14-/m1/s1. The van der Waals surface area contributed by atoms with E-state index < -0.39 is 0 Å². The molecule has 0 N–H and O–H groups in total. The largest absolute Gasteiger partial charge is 0.351 e. The van der Waals surface area contributed by atoms with E-state index in [-0.39, 0.29) is 11.7 Å². The Morgan fingerprint density at radius 3 is 2.92 bits per heavy atom. The molecule has 25 heavy (non-hydrogen) atoms. The van der Waals surface area contributed by atoms with E-state index in [1.165, 1.54) is 4.70 Å². The minimum absolute atomic E-state index is 0.0921. The first-order valence-electron chi connectivity index (χ1n) is 8.43. The number of nitrogens with zero attached hydrogens (tertiary/aromatic N) is 5. The van der Waals surface area contributed by atoms with Crippen molar-refractivity contribution in [3.63, 3.8) is 0 Å². The Morgan fingerprint density at radius 1 is 1.16 bits per heavy atom. The van der Waals surface area contributed by atoms with Crippen molar-refractivity contribution in [2.75, 3.05) is 6.54 Å². The molecule has 7 heteroatoms. The second kappa shape index (κ2) is 5.79. The van der Waals surface area contributed by atoms with Crippen LogP contribution < -0.4 is 5.69 Å². The molecule has 3 aromatic heterocycles. The first-order chi connectivity index (χ1) is 12.3. The van der Waals surface area contributed by atoms with Gasteiger partial charge in [0.05, 0.1) is 22.9 Å². The van der Waals surface area contributed by atoms with Crippen molar-refractivity contribution in [1.82, 2.24) is 24.1 Å². The van der Waals surface area contributed by atoms with Crippen LogP contribution in [0.3, 0.4) is 0 Å². The average Bonchev–Trinajstić information content (AvgIpc) is 3.33. The Kier molecular flexibility index (Phi) is 3.43. The molecule has 0 unspecified atom stereocenters. The molecule has 4 aromatic rings. The van der Waals surface area contributed by atoms with Gasteiger partial charge in [0.25, 0.3) is 0 Å². The molecule has 1 aromatic carbocycles. The lowest BCUT2D eigenvalue weighted by atomic mass is 10.2. The molecule has 1 aliphatic heterocycles. The lowest BCUT2D eigenvalue weighted by Gasteiger charge is -2.21. The fourth-order valence-electron chi connectivity index (χ4n) is 3.54. The highest BCUT2D eigenvalue weighted by Gasteiger charge is 2.29. The van der Waals surface area contributed by atoms with E-state index in [4.69, 9.17) is 4.98 Å². The van der Waals surface area contributed by atoms with E-state index in [1.54, 1.807) is 26.6 Å². The second-order valence-corrected chi connectivity index (χ2v) is 7.40. The quantitative estimate of drug-likeness (QED) is 0.569. The van der Waals surface area contributed by atoms with Crippen LogP contribution in [0.15, 0.2) is 53.5 Å². The Balaban J connectivity index is 1.48. The van der Waals surface area contributed by atoms with Crippen LogP contribution in [0.25, 0.3) is 15.9 Å². The Bertz CT molecular complexity index is 1080. The van der Waals surface area contributed by atoms with Gasteiger partial charge >= 0.3 is 5.69 Å². The number of fused-ring (bicyclic) bond motifs is 2. The van der Waals surface area contributed by atoms with Crippen molar-refractivity contribution in [2.24, 2.45) is 0 Å². The van der Waals surface area contributed by atoms with Crippen molar-refractivity contribution in [3.05, 3.63) is 64.2 Å². The van der Waals surface area contributed by atoms with Gasteiger partial charge in [0.1, 0.15) is 5.01 Å². The van der Waals surface area contributed by atoms with Gasteiger partial charge in [-0.25, -0.2) is 9.78 Å². The first-order valence-corrected chi connectivity index (χ1v) is 9.25. The van der Waals surface area contributed by atoms with Crippen LogP contribution in [0.1, 0.15) is 23.9 Å². The van der Waals surface area contributed by atoms with Gasteiger partial charge in [0.15, 0.2) is 5.65 Å². The zero-order chi connectivity index (χ0) is 16.8. The van der Waals surface area contributed by atoms with E-state index >= 15 is 0 Å². The molecule has 0 bridgehead atoms. The summed E-state index contributed by atoms with van der Waals surface area (Å²) in [4.78, 5) is 19.7. The number of aromatic nitrogens is 4. The molecule has 0 radical (unpaired) electrons. The molecule has 1 aliphatic rings. The van der Waals surface area contributed by atoms with Gasteiger partial charge in [0, 0.05) is 12.7 Å². The normalized spacial score (nSPS) is 18.5. The van der Waals surface area contributed by atoms with Gasteiger partial charge in [-0.15, -0.1) is 16.4 Å². The maximum atomic E-state index is 12.5. The monoisotopic (exact) mass is 351 g/mol. The topological polar surface area (TPSA) is 55.4 Å². The van der Waals surface area contributed by atoms with Crippen LogP contribution in [0.5, 0.6) is 0 Å². The van der Waals surface area contributed by atoms with Gasteiger partial charge in [-0.1, -0.05) is 18.2 Å². The second-order valence-electron chi connectivity index (χ2n) is 6.34. The number of likely N-dealkylation sites (tertiary alicyclic amines) is 1. The van der Waals surface area contributed by atoms with Gasteiger partial charge in [-0.2, -0.15) is 4.68 Å². The Morgan fingerprint density at radius 2 is 2.04 bits per heavy atom. The smallest absolute Gasteiger partial charge is 0.275 e. The first kappa shape index (κ1) is 14.8. The molecule has 1 saturated heterocycles. The highest BCUT2D eigenvalue weighted by molar-refractivity contribution is 7.18. The predicted octanol–water partition coefficient (Wildman–Crippen LogP) is 2.90. The van der Waals surface area contributed by atoms with Crippen LogP contribution in [0.4, 0.5) is 0 Å².